The summed E-state index contributed by atoms with van der Waals surface area (Å²) in [5, 5.41) is 9.23. The van der Waals surface area contributed by atoms with Crippen LogP contribution in [0.2, 0.25) is 0 Å². The van der Waals surface area contributed by atoms with Gasteiger partial charge in [0.1, 0.15) is 0 Å². The van der Waals surface area contributed by atoms with Gasteiger partial charge in [-0.05, 0) is 17.0 Å². The van der Waals surface area contributed by atoms with Gasteiger partial charge in [-0.3, -0.25) is 14.5 Å². The van der Waals surface area contributed by atoms with Gasteiger partial charge >= 0.3 is 5.97 Å². The van der Waals surface area contributed by atoms with Crippen molar-refractivity contribution >= 4 is 23.5 Å². The Morgan fingerprint density at radius 3 is 2.38 bits per heavy atom. The highest BCUT2D eigenvalue weighted by molar-refractivity contribution is 6.10. The Bertz CT molecular complexity index is 656. The molecule has 0 aromatic heterocycles. The maximum atomic E-state index is 12.3. The van der Waals surface area contributed by atoms with Crippen LogP contribution < -0.4 is 5.73 Å². The smallest absolute Gasteiger partial charge is 0.338 e. The van der Waals surface area contributed by atoms with E-state index in [9.17, 15) is 19.5 Å². The standard InChI is InChI=1S/C15H16N2O4/c1-15(2)10-11(15)13(19)17(12(10)18)6-7-4-3-5-8(16)9(7)14(20)21/h3-5,10-11H,6,16H2,1-2H3,(H,20,21). The Morgan fingerprint density at radius 1 is 1.29 bits per heavy atom. The Morgan fingerprint density at radius 2 is 1.86 bits per heavy atom. The maximum absolute atomic E-state index is 12.3. The maximum Gasteiger partial charge on any atom is 0.338 e. The number of nitrogen functional groups attached to an aromatic ring is 1. The largest absolute Gasteiger partial charge is 0.478 e. The van der Waals surface area contributed by atoms with Crippen LogP contribution >= 0.6 is 0 Å². The summed E-state index contributed by atoms with van der Waals surface area (Å²) in [6.07, 6.45) is 0. The summed E-state index contributed by atoms with van der Waals surface area (Å²) in [6, 6.07) is 4.68. The fourth-order valence-electron chi connectivity index (χ4n) is 3.34. The average molecular weight is 288 g/mol. The predicted octanol–water partition coefficient (Wildman–Crippen LogP) is 1.11. The third-order valence-corrected chi connectivity index (χ3v) is 4.62. The highest BCUT2D eigenvalue weighted by atomic mass is 16.4. The van der Waals surface area contributed by atoms with Crippen LogP contribution in [-0.2, 0) is 16.1 Å². The summed E-state index contributed by atoms with van der Waals surface area (Å²) in [4.78, 5) is 37.0. The van der Waals surface area contributed by atoms with E-state index in [-0.39, 0.29) is 46.9 Å². The summed E-state index contributed by atoms with van der Waals surface area (Å²) in [5.74, 6) is -2.12. The first-order chi connectivity index (χ1) is 9.76. The van der Waals surface area contributed by atoms with Crippen LogP contribution in [0.5, 0.6) is 0 Å². The number of benzene rings is 1. The molecule has 2 aliphatic rings. The van der Waals surface area contributed by atoms with E-state index in [1.807, 2.05) is 13.8 Å². The molecule has 2 atom stereocenters. The first-order valence-electron chi connectivity index (χ1n) is 6.72. The van der Waals surface area contributed by atoms with Gasteiger partial charge in [0.05, 0.1) is 23.9 Å². The summed E-state index contributed by atoms with van der Waals surface area (Å²) in [6.45, 7) is 3.77. The third kappa shape index (κ3) is 1.75. The monoisotopic (exact) mass is 288 g/mol. The lowest BCUT2D eigenvalue weighted by molar-refractivity contribution is -0.143. The number of amides is 2. The van der Waals surface area contributed by atoms with Crippen molar-refractivity contribution in [3.05, 3.63) is 29.3 Å². The van der Waals surface area contributed by atoms with Gasteiger partial charge in [0.25, 0.3) is 0 Å². The highest BCUT2D eigenvalue weighted by Crippen LogP contribution is 2.63. The number of imide groups is 1. The van der Waals surface area contributed by atoms with E-state index in [1.54, 1.807) is 12.1 Å². The van der Waals surface area contributed by atoms with E-state index in [1.165, 1.54) is 6.07 Å². The van der Waals surface area contributed by atoms with Crippen molar-refractivity contribution in [2.75, 3.05) is 5.73 Å². The third-order valence-electron chi connectivity index (χ3n) is 4.62. The molecule has 1 heterocycles. The van der Waals surface area contributed by atoms with Gasteiger partial charge in [-0.2, -0.15) is 0 Å². The molecule has 1 aromatic rings. The Labute approximate surface area is 121 Å². The van der Waals surface area contributed by atoms with Crippen LogP contribution in [0.4, 0.5) is 5.69 Å². The number of aromatic carboxylic acids is 1. The first kappa shape index (κ1) is 13.6. The predicted molar refractivity (Wildman–Crippen MR) is 74.1 cm³/mol. The molecule has 6 heteroatoms. The number of rotatable bonds is 3. The highest BCUT2D eigenvalue weighted by Gasteiger charge is 2.72. The molecule has 1 aromatic carbocycles. The zero-order valence-electron chi connectivity index (χ0n) is 11.8. The van der Waals surface area contributed by atoms with Crippen LogP contribution in [0.15, 0.2) is 18.2 Å². The number of hydrogen-bond acceptors (Lipinski definition) is 4. The van der Waals surface area contributed by atoms with Crippen molar-refractivity contribution in [3.8, 4) is 0 Å². The lowest BCUT2D eigenvalue weighted by Crippen LogP contribution is -2.36. The van der Waals surface area contributed by atoms with Crippen LogP contribution in [0.25, 0.3) is 0 Å². The Hall–Kier alpha value is -2.37. The summed E-state index contributed by atoms with van der Waals surface area (Å²) >= 11 is 0. The molecular weight excluding hydrogens is 272 g/mol. The first-order valence-corrected chi connectivity index (χ1v) is 6.72. The van der Waals surface area contributed by atoms with E-state index in [2.05, 4.69) is 0 Å². The second-order valence-corrected chi connectivity index (χ2v) is 6.23. The van der Waals surface area contributed by atoms with Gasteiger partial charge < -0.3 is 10.8 Å². The Kier molecular flexibility index (Phi) is 2.63. The quantitative estimate of drug-likeness (QED) is 0.641. The van der Waals surface area contributed by atoms with E-state index in [4.69, 9.17) is 5.73 Å². The summed E-state index contributed by atoms with van der Waals surface area (Å²) in [5.41, 5.74) is 5.87. The SMILES string of the molecule is CC1(C)C2C(=O)N(Cc3cccc(N)c3C(=O)O)C(=O)C21. The van der Waals surface area contributed by atoms with E-state index < -0.39 is 5.97 Å². The molecule has 3 N–H and O–H groups in total. The number of carboxylic acids is 1. The number of carbonyl (C=O) groups is 3. The lowest BCUT2D eigenvalue weighted by Gasteiger charge is -2.21. The molecule has 2 amide bonds. The molecule has 0 bridgehead atoms. The minimum Gasteiger partial charge on any atom is -0.478 e. The minimum atomic E-state index is -1.16. The van der Waals surface area contributed by atoms with E-state index in [0.29, 0.717) is 5.56 Å². The number of likely N-dealkylation sites (tertiary alicyclic amines) is 1. The van der Waals surface area contributed by atoms with Crippen molar-refractivity contribution in [2.45, 2.75) is 20.4 Å². The summed E-state index contributed by atoms with van der Waals surface area (Å²) < 4.78 is 0. The van der Waals surface area contributed by atoms with Crippen molar-refractivity contribution < 1.29 is 19.5 Å². The van der Waals surface area contributed by atoms with Gasteiger partial charge in [-0.15, -0.1) is 0 Å². The van der Waals surface area contributed by atoms with Crippen molar-refractivity contribution in [1.82, 2.24) is 4.90 Å². The number of nitrogens with zero attached hydrogens (tertiary/aromatic N) is 1. The zero-order valence-corrected chi connectivity index (χ0v) is 11.8. The van der Waals surface area contributed by atoms with Gasteiger partial charge in [0.2, 0.25) is 11.8 Å². The molecule has 6 nitrogen and oxygen atoms in total. The van der Waals surface area contributed by atoms with Gasteiger partial charge in [0.15, 0.2) is 0 Å². The number of anilines is 1. The second kappa shape index (κ2) is 4.07. The van der Waals surface area contributed by atoms with Crippen molar-refractivity contribution in [2.24, 2.45) is 17.3 Å². The number of fused-ring (bicyclic) bond motifs is 1. The van der Waals surface area contributed by atoms with Crippen molar-refractivity contribution in [3.63, 3.8) is 0 Å². The molecule has 2 unspecified atom stereocenters. The van der Waals surface area contributed by atoms with Crippen LogP contribution in [-0.4, -0.2) is 27.8 Å². The molecule has 1 aliphatic carbocycles. The van der Waals surface area contributed by atoms with Crippen LogP contribution in [0, 0.1) is 17.3 Å². The molecule has 21 heavy (non-hydrogen) atoms. The fourth-order valence-corrected chi connectivity index (χ4v) is 3.34. The topological polar surface area (TPSA) is 101 Å². The minimum absolute atomic E-state index is 0.0343. The molecule has 2 fully saturated rings. The molecule has 0 radical (unpaired) electrons. The normalized spacial score (nSPS) is 25.9. The molecule has 1 saturated heterocycles. The number of piperidine rings is 1. The lowest BCUT2D eigenvalue weighted by atomic mass is 10.0. The van der Waals surface area contributed by atoms with Gasteiger partial charge in [-0.1, -0.05) is 26.0 Å². The Balaban J connectivity index is 1.90. The fraction of sp³-hybridized carbons (Fsp3) is 0.400. The van der Waals surface area contributed by atoms with Crippen LogP contribution in [0.1, 0.15) is 29.8 Å². The number of carboxylic acid groups (broad SMARTS) is 1. The number of hydrogen-bond donors (Lipinski definition) is 2. The van der Waals surface area contributed by atoms with Crippen LogP contribution in [0.3, 0.4) is 0 Å². The van der Waals surface area contributed by atoms with Gasteiger partial charge in [0, 0.05) is 5.69 Å². The van der Waals surface area contributed by atoms with E-state index >= 15 is 0 Å². The number of nitrogens with two attached hydrogens (primary N) is 1. The second-order valence-electron chi connectivity index (χ2n) is 6.23. The van der Waals surface area contributed by atoms with Gasteiger partial charge in [-0.25, -0.2) is 4.79 Å². The molecule has 0 spiro atoms. The van der Waals surface area contributed by atoms with Crippen molar-refractivity contribution in [1.29, 1.82) is 0 Å². The number of carbonyl (C=O) groups excluding carboxylic acids is 2. The molecule has 1 aliphatic heterocycles. The summed E-state index contributed by atoms with van der Waals surface area (Å²) in [7, 11) is 0. The molecule has 110 valence electrons. The van der Waals surface area contributed by atoms with E-state index in [0.717, 1.165) is 4.90 Å². The zero-order chi connectivity index (χ0) is 15.5. The molecular formula is C15H16N2O4. The average Bonchev–Trinajstić information content (AvgIpc) is 2.86. The molecule has 1 saturated carbocycles. The molecule has 3 rings (SSSR count).